The van der Waals surface area contributed by atoms with Gasteiger partial charge in [-0.05, 0) is 49.8 Å². The van der Waals surface area contributed by atoms with E-state index >= 15 is 0 Å². The van der Waals surface area contributed by atoms with Gasteiger partial charge >= 0.3 is 0 Å². The average Bonchev–Trinajstić information content (AvgIpc) is 2.81. The van der Waals surface area contributed by atoms with Crippen LogP contribution in [-0.2, 0) is 19.4 Å². The van der Waals surface area contributed by atoms with E-state index in [1.807, 2.05) is 0 Å². The SMILES string of the molecule is c1cc2c3c(c1)c(CC1CCCCN1)cn3CCC2. The molecule has 1 fully saturated rings. The van der Waals surface area contributed by atoms with Crippen LogP contribution in [0.4, 0.5) is 0 Å². The molecule has 3 heterocycles. The molecular weight excluding hydrogens is 232 g/mol. The number of aromatic nitrogens is 1. The summed E-state index contributed by atoms with van der Waals surface area (Å²) >= 11 is 0. The molecule has 2 nitrogen and oxygen atoms in total. The van der Waals surface area contributed by atoms with Crippen LogP contribution in [-0.4, -0.2) is 17.2 Å². The second-order valence-corrected chi connectivity index (χ2v) is 6.12. The quantitative estimate of drug-likeness (QED) is 0.870. The van der Waals surface area contributed by atoms with Crippen LogP contribution >= 0.6 is 0 Å². The highest BCUT2D eigenvalue weighted by molar-refractivity contribution is 5.87. The van der Waals surface area contributed by atoms with E-state index in [2.05, 4.69) is 34.3 Å². The zero-order chi connectivity index (χ0) is 12.7. The van der Waals surface area contributed by atoms with Crippen molar-refractivity contribution >= 4 is 10.9 Å². The van der Waals surface area contributed by atoms with Crippen LogP contribution in [0.25, 0.3) is 10.9 Å². The highest BCUT2D eigenvalue weighted by Crippen LogP contribution is 2.30. The summed E-state index contributed by atoms with van der Waals surface area (Å²) in [6, 6.07) is 7.56. The molecule has 19 heavy (non-hydrogen) atoms. The van der Waals surface area contributed by atoms with Gasteiger partial charge in [-0.2, -0.15) is 0 Å². The number of piperidine rings is 1. The van der Waals surface area contributed by atoms with E-state index in [4.69, 9.17) is 0 Å². The summed E-state index contributed by atoms with van der Waals surface area (Å²) in [6.07, 6.45) is 10.2. The highest BCUT2D eigenvalue weighted by atomic mass is 15.0. The van der Waals surface area contributed by atoms with E-state index in [-0.39, 0.29) is 0 Å². The molecule has 2 aliphatic rings. The van der Waals surface area contributed by atoms with E-state index in [0.717, 1.165) is 0 Å². The fraction of sp³-hybridized carbons (Fsp3) is 0.529. The molecule has 1 unspecified atom stereocenters. The second-order valence-electron chi connectivity index (χ2n) is 6.12. The third-order valence-corrected chi connectivity index (χ3v) is 4.79. The largest absolute Gasteiger partial charge is 0.347 e. The van der Waals surface area contributed by atoms with Gasteiger partial charge in [0.15, 0.2) is 0 Å². The Kier molecular flexibility index (Phi) is 2.84. The van der Waals surface area contributed by atoms with Gasteiger partial charge in [0.2, 0.25) is 0 Å². The monoisotopic (exact) mass is 254 g/mol. The van der Waals surface area contributed by atoms with Crippen LogP contribution < -0.4 is 5.32 Å². The van der Waals surface area contributed by atoms with E-state index in [0.29, 0.717) is 6.04 Å². The van der Waals surface area contributed by atoms with Crippen molar-refractivity contribution in [2.24, 2.45) is 0 Å². The lowest BCUT2D eigenvalue weighted by Crippen LogP contribution is -2.35. The van der Waals surface area contributed by atoms with Crippen molar-refractivity contribution < 1.29 is 0 Å². The van der Waals surface area contributed by atoms with Gasteiger partial charge in [-0.1, -0.05) is 24.6 Å². The predicted molar refractivity (Wildman–Crippen MR) is 79.6 cm³/mol. The summed E-state index contributed by atoms with van der Waals surface area (Å²) in [5.74, 6) is 0. The second kappa shape index (κ2) is 4.68. The predicted octanol–water partition coefficient (Wildman–Crippen LogP) is 3.27. The summed E-state index contributed by atoms with van der Waals surface area (Å²) in [6.45, 7) is 2.40. The molecule has 2 heteroatoms. The number of hydrogen-bond donors (Lipinski definition) is 1. The number of para-hydroxylation sites is 1. The summed E-state index contributed by atoms with van der Waals surface area (Å²) in [5.41, 5.74) is 4.62. The van der Waals surface area contributed by atoms with Crippen molar-refractivity contribution in [3.05, 3.63) is 35.5 Å². The topological polar surface area (TPSA) is 17.0 Å². The van der Waals surface area contributed by atoms with Gasteiger partial charge in [0, 0.05) is 24.2 Å². The summed E-state index contributed by atoms with van der Waals surface area (Å²) < 4.78 is 2.49. The molecule has 2 aliphatic heterocycles. The molecule has 4 rings (SSSR count). The number of benzene rings is 1. The molecule has 0 radical (unpaired) electrons. The Hall–Kier alpha value is -1.28. The molecule has 0 saturated carbocycles. The van der Waals surface area contributed by atoms with Crippen molar-refractivity contribution in [2.75, 3.05) is 6.54 Å². The summed E-state index contributed by atoms with van der Waals surface area (Å²) in [7, 11) is 0. The van der Waals surface area contributed by atoms with Crippen LogP contribution in [0.2, 0.25) is 0 Å². The van der Waals surface area contributed by atoms with Gasteiger partial charge < -0.3 is 9.88 Å². The first kappa shape index (κ1) is 11.5. The molecule has 1 saturated heterocycles. The number of nitrogens with zero attached hydrogens (tertiary/aromatic N) is 1. The van der Waals surface area contributed by atoms with Gasteiger partial charge in [0.05, 0.1) is 5.52 Å². The van der Waals surface area contributed by atoms with Crippen LogP contribution in [0.15, 0.2) is 24.4 Å². The first-order chi connectivity index (χ1) is 9.42. The van der Waals surface area contributed by atoms with E-state index < -0.39 is 0 Å². The summed E-state index contributed by atoms with van der Waals surface area (Å²) in [4.78, 5) is 0. The number of aryl methyl sites for hydroxylation is 2. The zero-order valence-corrected chi connectivity index (χ0v) is 11.5. The lowest BCUT2D eigenvalue weighted by atomic mass is 9.96. The smallest absolute Gasteiger partial charge is 0.0515 e. The van der Waals surface area contributed by atoms with Gasteiger partial charge in [0.1, 0.15) is 0 Å². The van der Waals surface area contributed by atoms with Crippen molar-refractivity contribution in [3.8, 4) is 0 Å². The molecular formula is C17H22N2. The van der Waals surface area contributed by atoms with Crippen molar-refractivity contribution in [1.29, 1.82) is 0 Å². The van der Waals surface area contributed by atoms with Crippen LogP contribution in [0.5, 0.6) is 0 Å². The van der Waals surface area contributed by atoms with E-state index in [9.17, 15) is 0 Å². The fourth-order valence-electron chi connectivity index (χ4n) is 3.86. The summed E-state index contributed by atoms with van der Waals surface area (Å²) in [5, 5.41) is 5.18. The van der Waals surface area contributed by atoms with Gasteiger partial charge in [-0.25, -0.2) is 0 Å². The van der Waals surface area contributed by atoms with Crippen molar-refractivity contribution in [2.45, 2.75) is 51.1 Å². The molecule has 1 aromatic carbocycles. The maximum absolute atomic E-state index is 3.68. The maximum atomic E-state index is 3.68. The first-order valence-corrected chi connectivity index (χ1v) is 7.75. The molecule has 1 aromatic heterocycles. The standard InChI is InChI=1S/C17H22N2/c1-2-9-18-15(7-1)11-14-12-19-10-4-6-13-5-3-8-16(14)17(13)19/h3,5,8,12,15,18H,1-2,4,6-7,9-11H2. The Labute approximate surface area is 114 Å². The third-order valence-electron chi connectivity index (χ3n) is 4.79. The van der Waals surface area contributed by atoms with Crippen LogP contribution in [0.1, 0.15) is 36.8 Å². The number of rotatable bonds is 2. The number of nitrogens with one attached hydrogen (secondary N) is 1. The molecule has 0 aliphatic carbocycles. The molecule has 1 N–H and O–H groups in total. The zero-order valence-electron chi connectivity index (χ0n) is 11.5. The lowest BCUT2D eigenvalue weighted by molar-refractivity contribution is 0.400. The fourth-order valence-corrected chi connectivity index (χ4v) is 3.86. The van der Waals surface area contributed by atoms with Crippen LogP contribution in [0.3, 0.4) is 0 Å². The molecule has 0 amide bonds. The molecule has 0 spiro atoms. The third kappa shape index (κ3) is 1.99. The first-order valence-electron chi connectivity index (χ1n) is 7.75. The van der Waals surface area contributed by atoms with Crippen molar-refractivity contribution in [1.82, 2.24) is 9.88 Å². The molecule has 1 atom stereocenters. The van der Waals surface area contributed by atoms with Crippen LogP contribution in [0, 0.1) is 0 Å². The minimum atomic E-state index is 0.692. The maximum Gasteiger partial charge on any atom is 0.0515 e. The normalized spacial score (nSPS) is 22.8. The Morgan fingerprint density at radius 1 is 1.21 bits per heavy atom. The minimum Gasteiger partial charge on any atom is -0.347 e. The molecule has 2 aromatic rings. The molecule has 100 valence electrons. The Bertz CT molecular complexity index is 591. The van der Waals surface area contributed by atoms with Gasteiger partial charge in [0.25, 0.3) is 0 Å². The Morgan fingerprint density at radius 3 is 3.11 bits per heavy atom. The lowest BCUT2D eigenvalue weighted by Gasteiger charge is -2.23. The highest BCUT2D eigenvalue weighted by Gasteiger charge is 2.19. The average molecular weight is 254 g/mol. The Morgan fingerprint density at radius 2 is 2.21 bits per heavy atom. The van der Waals surface area contributed by atoms with Gasteiger partial charge in [-0.3, -0.25) is 0 Å². The molecule has 0 bridgehead atoms. The number of hydrogen-bond acceptors (Lipinski definition) is 1. The Balaban J connectivity index is 1.72. The van der Waals surface area contributed by atoms with Gasteiger partial charge in [-0.15, -0.1) is 0 Å². The minimum absolute atomic E-state index is 0.692. The van der Waals surface area contributed by atoms with E-state index in [1.54, 1.807) is 11.1 Å². The van der Waals surface area contributed by atoms with E-state index in [1.165, 1.54) is 62.5 Å². The van der Waals surface area contributed by atoms with Crippen molar-refractivity contribution in [3.63, 3.8) is 0 Å².